The van der Waals surface area contributed by atoms with Gasteiger partial charge < -0.3 is 16.0 Å². The molecule has 3 aromatic heterocycles. The average molecular weight is 380 g/mol. The van der Waals surface area contributed by atoms with Gasteiger partial charge in [0.1, 0.15) is 30.3 Å². The van der Waals surface area contributed by atoms with Crippen molar-refractivity contribution < 1.29 is 4.79 Å². The van der Waals surface area contributed by atoms with Crippen LogP contribution < -0.4 is 21.5 Å². The van der Waals surface area contributed by atoms with Crippen molar-refractivity contribution in [3.63, 3.8) is 0 Å². The monoisotopic (exact) mass is 380 g/mol. The van der Waals surface area contributed by atoms with Crippen LogP contribution in [0.4, 0.5) is 17.5 Å². The fraction of sp³-hybridized carbons (Fsp3) is 0.222. The van der Waals surface area contributed by atoms with E-state index >= 15 is 0 Å². The van der Waals surface area contributed by atoms with Gasteiger partial charge in [-0.2, -0.15) is 5.10 Å². The summed E-state index contributed by atoms with van der Waals surface area (Å²) < 4.78 is 1.10. The number of carbonyl (C=O) groups excluding carboxylic acids is 1. The van der Waals surface area contributed by atoms with Gasteiger partial charge in [-0.05, 0) is 30.7 Å². The van der Waals surface area contributed by atoms with E-state index in [1.54, 1.807) is 12.3 Å². The Morgan fingerprint density at radius 3 is 2.68 bits per heavy atom. The van der Waals surface area contributed by atoms with Crippen molar-refractivity contribution in [2.45, 2.75) is 13.5 Å². The second-order valence-corrected chi connectivity index (χ2v) is 5.93. The molecule has 0 unspecified atom stereocenters. The zero-order chi connectivity index (χ0) is 19.8. The van der Waals surface area contributed by atoms with Crippen molar-refractivity contribution in [1.82, 2.24) is 30.0 Å². The Kier molecular flexibility index (Phi) is 6.24. The number of aromatic nitrogens is 5. The smallest absolute Gasteiger partial charge is 0.267 e. The van der Waals surface area contributed by atoms with Crippen molar-refractivity contribution in [2.24, 2.45) is 0 Å². The van der Waals surface area contributed by atoms with Crippen LogP contribution >= 0.6 is 0 Å². The molecule has 28 heavy (non-hydrogen) atoms. The Labute approximate surface area is 161 Å². The van der Waals surface area contributed by atoms with Crippen LogP contribution in [0.5, 0.6) is 0 Å². The highest BCUT2D eigenvalue weighted by Crippen LogP contribution is 2.14. The lowest BCUT2D eigenvalue weighted by molar-refractivity contribution is -0.121. The molecule has 3 heterocycles. The summed E-state index contributed by atoms with van der Waals surface area (Å²) in [5, 5.41) is 12.8. The number of rotatable bonds is 8. The number of carbonyl (C=O) groups is 1. The minimum Gasteiger partial charge on any atom is -0.368 e. The van der Waals surface area contributed by atoms with Crippen LogP contribution in [0.25, 0.3) is 0 Å². The molecule has 10 nitrogen and oxygen atoms in total. The van der Waals surface area contributed by atoms with E-state index in [-0.39, 0.29) is 18.0 Å². The van der Waals surface area contributed by atoms with Crippen molar-refractivity contribution in [2.75, 3.05) is 23.7 Å². The molecule has 3 aromatic rings. The molecule has 3 rings (SSSR count). The molecule has 0 aliphatic carbocycles. The normalized spacial score (nSPS) is 10.3. The third kappa shape index (κ3) is 5.59. The molecule has 0 aliphatic rings. The van der Waals surface area contributed by atoms with Crippen LogP contribution in [0, 0.1) is 6.92 Å². The zero-order valence-corrected chi connectivity index (χ0v) is 15.3. The van der Waals surface area contributed by atoms with E-state index < -0.39 is 0 Å². The van der Waals surface area contributed by atoms with Gasteiger partial charge in [0.2, 0.25) is 5.91 Å². The van der Waals surface area contributed by atoms with E-state index in [9.17, 15) is 9.59 Å². The molecule has 0 bridgehead atoms. The number of hydrogen-bond donors (Lipinski definition) is 3. The van der Waals surface area contributed by atoms with Gasteiger partial charge in [-0.1, -0.05) is 0 Å². The quantitative estimate of drug-likeness (QED) is 0.488. The summed E-state index contributed by atoms with van der Waals surface area (Å²) in [5.41, 5.74) is 0.772. The number of amides is 1. The highest BCUT2D eigenvalue weighted by Gasteiger charge is 2.05. The van der Waals surface area contributed by atoms with E-state index in [4.69, 9.17) is 0 Å². The maximum Gasteiger partial charge on any atom is 0.267 e. The van der Waals surface area contributed by atoms with E-state index in [0.29, 0.717) is 30.5 Å². The molecule has 0 atom stereocenters. The van der Waals surface area contributed by atoms with Crippen LogP contribution in [-0.2, 0) is 11.3 Å². The molecule has 0 fully saturated rings. The fourth-order valence-electron chi connectivity index (χ4n) is 2.35. The molecule has 0 radical (unpaired) electrons. The van der Waals surface area contributed by atoms with Crippen LogP contribution in [0.15, 0.2) is 53.8 Å². The number of hydrogen-bond acceptors (Lipinski definition) is 8. The minimum atomic E-state index is -0.320. The third-order valence-corrected chi connectivity index (χ3v) is 3.67. The van der Waals surface area contributed by atoms with Crippen LogP contribution in [0.3, 0.4) is 0 Å². The molecule has 0 saturated heterocycles. The Bertz CT molecular complexity index is 1000. The summed E-state index contributed by atoms with van der Waals surface area (Å²) in [6.07, 6.45) is 4.62. The Hall–Kier alpha value is -3.82. The maximum atomic E-state index is 11.9. The van der Waals surface area contributed by atoms with Crippen LogP contribution in [0.2, 0.25) is 0 Å². The second kappa shape index (κ2) is 9.21. The van der Waals surface area contributed by atoms with Gasteiger partial charge in [0.05, 0.1) is 0 Å². The summed E-state index contributed by atoms with van der Waals surface area (Å²) in [6, 6.07) is 8.46. The molecule has 144 valence electrons. The van der Waals surface area contributed by atoms with E-state index in [0.717, 1.165) is 10.2 Å². The number of pyridine rings is 1. The number of aryl methyl sites for hydroxylation is 1. The fourth-order valence-corrected chi connectivity index (χ4v) is 2.35. The first-order valence-corrected chi connectivity index (χ1v) is 8.64. The summed E-state index contributed by atoms with van der Waals surface area (Å²) in [7, 11) is 0. The largest absolute Gasteiger partial charge is 0.368 e. The maximum absolute atomic E-state index is 11.9. The SMILES string of the molecule is Cc1ccnc(Nc2cc(NCCNC(=O)Cn3ncccc3=O)ncn2)c1. The van der Waals surface area contributed by atoms with Crippen molar-refractivity contribution in [1.29, 1.82) is 0 Å². The van der Waals surface area contributed by atoms with E-state index in [1.165, 1.54) is 24.7 Å². The zero-order valence-electron chi connectivity index (χ0n) is 15.3. The molecule has 0 spiro atoms. The van der Waals surface area contributed by atoms with Gasteiger partial charge in [0.25, 0.3) is 5.56 Å². The van der Waals surface area contributed by atoms with Gasteiger partial charge in [0.15, 0.2) is 0 Å². The molecule has 0 saturated carbocycles. The molecule has 3 N–H and O–H groups in total. The number of nitrogens with zero attached hydrogens (tertiary/aromatic N) is 5. The number of nitrogens with one attached hydrogen (secondary N) is 3. The lowest BCUT2D eigenvalue weighted by atomic mass is 10.3. The molecular formula is C18H20N8O2. The summed E-state index contributed by atoms with van der Waals surface area (Å²) in [6.45, 7) is 2.69. The molecular weight excluding hydrogens is 360 g/mol. The summed E-state index contributed by atoms with van der Waals surface area (Å²) >= 11 is 0. The first-order valence-electron chi connectivity index (χ1n) is 8.64. The minimum absolute atomic E-state index is 0.120. The van der Waals surface area contributed by atoms with Gasteiger partial charge in [-0.25, -0.2) is 19.6 Å². The first kappa shape index (κ1) is 19.0. The van der Waals surface area contributed by atoms with E-state index in [2.05, 4.69) is 36.0 Å². The predicted molar refractivity (Wildman–Crippen MR) is 104 cm³/mol. The van der Waals surface area contributed by atoms with Gasteiger partial charge in [-0.3, -0.25) is 9.59 Å². The predicted octanol–water partition coefficient (Wildman–Crippen LogP) is 0.709. The Morgan fingerprint density at radius 2 is 1.86 bits per heavy atom. The third-order valence-electron chi connectivity index (χ3n) is 3.67. The van der Waals surface area contributed by atoms with Gasteiger partial charge in [0, 0.05) is 37.6 Å². The Morgan fingerprint density at radius 1 is 1.04 bits per heavy atom. The summed E-state index contributed by atoms with van der Waals surface area (Å²) in [5.74, 6) is 1.62. The number of anilines is 3. The average Bonchev–Trinajstić information content (AvgIpc) is 2.67. The molecule has 1 amide bonds. The van der Waals surface area contributed by atoms with Crippen molar-refractivity contribution in [3.8, 4) is 0 Å². The summed E-state index contributed by atoms with van der Waals surface area (Å²) in [4.78, 5) is 36.0. The van der Waals surface area contributed by atoms with E-state index in [1.807, 2.05) is 19.1 Å². The lowest BCUT2D eigenvalue weighted by Gasteiger charge is -2.09. The van der Waals surface area contributed by atoms with Crippen LogP contribution in [-0.4, -0.2) is 43.7 Å². The van der Waals surface area contributed by atoms with Gasteiger partial charge >= 0.3 is 0 Å². The molecule has 0 aliphatic heterocycles. The Balaban J connectivity index is 1.45. The highest BCUT2D eigenvalue weighted by molar-refractivity contribution is 5.75. The van der Waals surface area contributed by atoms with Crippen molar-refractivity contribution >= 4 is 23.4 Å². The molecule has 10 heteroatoms. The first-order chi connectivity index (χ1) is 13.6. The lowest BCUT2D eigenvalue weighted by Crippen LogP contribution is -2.35. The van der Waals surface area contributed by atoms with Crippen LogP contribution in [0.1, 0.15) is 5.56 Å². The topological polar surface area (TPSA) is 127 Å². The standard InChI is InChI=1S/C18H20N8O2/c1-13-4-6-19-15(9-13)25-16-10-14(22-12-23-16)20-7-8-21-17(27)11-26-18(28)3-2-5-24-26/h2-6,9-10,12H,7-8,11H2,1H3,(H,21,27)(H2,19,20,22,23,25). The van der Waals surface area contributed by atoms with Crippen molar-refractivity contribution in [3.05, 3.63) is 65.0 Å². The van der Waals surface area contributed by atoms with Gasteiger partial charge in [-0.15, -0.1) is 0 Å². The highest BCUT2D eigenvalue weighted by atomic mass is 16.2. The second-order valence-electron chi connectivity index (χ2n) is 5.93. The molecule has 0 aromatic carbocycles.